The quantitative estimate of drug-likeness (QED) is 0.557. The van der Waals surface area contributed by atoms with Gasteiger partial charge in [-0.05, 0) is 36.5 Å². The molecular formula is C23H23N5O4. The summed E-state index contributed by atoms with van der Waals surface area (Å²) in [5.41, 5.74) is 13.8. The molecule has 3 aromatic rings. The third kappa shape index (κ3) is 3.21. The molecule has 2 fully saturated rings. The minimum absolute atomic E-state index is 0.0737. The van der Waals surface area contributed by atoms with Gasteiger partial charge in [0.1, 0.15) is 5.69 Å². The van der Waals surface area contributed by atoms with Gasteiger partial charge in [0, 0.05) is 37.2 Å². The Bertz CT molecular complexity index is 1250. The molecule has 0 radical (unpaired) electrons. The first kappa shape index (κ1) is 20.2. The molecule has 32 heavy (non-hydrogen) atoms. The summed E-state index contributed by atoms with van der Waals surface area (Å²) in [4.78, 5) is 30.1. The molecule has 5 rings (SSSR count). The van der Waals surface area contributed by atoms with Crippen LogP contribution in [0.4, 0.5) is 5.69 Å². The van der Waals surface area contributed by atoms with Crippen molar-refractivity contribution >= 4 is 17.5 Å². The van der Waals surface area contributed by atoms with Crippen LogP contribution in [0.2, 0.25) is 0 Å². The summed E-state index contributed by atoms with van der Waals surface area (Å²) < 4.78 is 5.35. The molecule has 3 heterocycles. The summed E-state index contributed by atoms with van der Waals surface area (Å²) in [6.07, 6.45) is 2.28. The monoisotopic (exact) mass is 433 g/mol. The summed E-state index contributed by atoms with van der Waals surface area (Å²) >= 11 is 0. The van der Waals surface area contributed by atoms with Crippen LogP contribution in [-0.4, -0.2) is 45.6 Å². The van der Waals surface area contributed by atoms with E-state index in [1.165, 1.54) is 4.90 Å². The number of nitrogens with zero attached hydrogens (tertiary/aromatic N) is 3. The van der Waals surface area contributed by atoms with Crippen molar-refractivity contribution < 1.29 is 19.2 Å². The largest absolute Gasteiger partial charge is 0.397 e. The number of pyridine rings is 1. The van der Waals surface area contributed by atoms with Crippen LogP contribution in [0.25, 0.3) is 22.5 Å². The van der Waals surface area contributed by atoms with Gasteiger partial charge in [-0.3, -0.25) is 9.59 Å². The van der Waals surface area contributed by atoms with E-state index in [9.17, 15) is 14.7 Å². The average Bonchev–Trinajstić information content (AvgIpc) is 3.44. The number of nitrogen functional groups attached to an aromatic ring is 1. The number of primary amides is 1. The highest BCUT2D eigenvalue weighted by atomic mass is 16.5. The van der Waals surface area contributed by atoms with Crippen LogP contribution in [0, 0.1) is 0 Å². The molecule has 1 aromatic carbocycles. The van der Waals surface area contributed by atoms with Crippen molar-refractivity contribution in [3.63, 3.8) is 0 Å². The van der Waals surface area contributed by atoms with Crippen molar-refractivity contribution in [3.8, 4) is 22.5 Å². The van der Waals surface area contributed by atoms with E-state index >= 15 is 0 Å². The molecule has 1 aliphatic heterocycles. The predicted octanol–water partition coefficient (Wildman–Crippen LogP) is 2.01. The predicted molar refractivity (Wildman–Crippen MR) is 116 cm³/mol. The smallest absolute Gasteiger partial charge is 0.269 e. The van der Waals surface area contributed by atoms with E-state index in [4.69, 9.17) is 16.0 Å². The van der Waals surface area contributed by atoms with Crippen LogP contribution >= 0.6 is 0 Å². The maximum absolute atomic E-state index is 12.4. The molecule has 1 aliphatic carbocycles. The maximum Gasteiger partial charge on any atom is 0.269 e. The second-order valence-corrected chi connectivity index (χ2v) is 8.49. The van der Waals surface area contributed by atoms with Gasteiger partial charge in [-0.2, -0.15) is 0 Å². The standard InChI is InChI=1S/C23H23N5O4/c1-28-8-7-23(31,22(28)30)18-11-17(27-32-18)14-4-2-3-13(9-14)16-10-15(12-5-6-12)19(24)20(26-16)21(25)29/h2-4,9-12,31H,5-8,24H2,1H3,(H2,25,29)/t23-/m1/s1. The van der Waals surface area contributed by atoms with E-state index in [0.717, 1.165) is 24.0 Å². The fraction of sp³-hybridized carbons (Fsp3) is 0.304. The molecule has 2 aliphatic rings. The Balaban J connectivity index is 1.52. The number of amides is 2. The van der Waals surface area contributed by atoms with E-state index in [1.54, 1.807) is 13.1 Å². The fourth-order valence-electron chi connectivity index (χ4n) is 4.17. The Morgan fingerprint density at radius 3 is 2.56 bits per heavy atom. The Morgan fingerprint density at radius 1 is 1.22 bits per heavy atom. The van der Waals surface area contributed by atoms with Crippen LogP contribution in [0.3, 0.4) is 0 Å². The van der Waals surface area contributed by atoms with E-state index < -0.39 is 17.4 Å². The zero-order valence-electron chi connectivity index (χ0n) is 17.5. The summed E-state index contributed by atoms with van der Waals surface area (Å²) in [6, 6.07) is 10.9. The van der Waals surface area contributed by atoms with Gasteiger partial charge in [-0.15, -0.1) is 0 Å². The number of aliphatic hydroxyl groups is 1. The molecule has 0 unspecified atom stereocenters. The van der Waals surface area contributed by atoms with Crippen molar-refractivity contribution in [2.75, 3.05) is 19.3 Å². The number of benzene rings is 1. The number of carbonyl (C=O) groups excluding carboxylic acids is 2. The third-order valence-corrected chi connectivity index (χ3v) is 6.22. The number of likely N-dealkylation sites (tertiary alicyclic amines) is 1. The zero-order valence-corrected chi connectivity index (χ0v) is 17.5. The van der Waals surface area contributed by atoms with Gasteiger partial charge in [0.05, 0.1) is 11.4 Å². The summed E-state index contributed by atoms with van der Waals surface area (Å²) in [5, 5.41) is 14.9. The molecular weight excluding hydrogens is 410 g/mol. The number of anilines is 1. The highest BCUT2D eigenvalue weighted by Crippen LogP contribution is 2.44. The normalized spacial score (nSPS) is 20.7. The summed E-state index contributed by atoms with van der Waals surface area (Å²) in [5.74, 6) is -0.640. The molecule has 1 saturated heterocycles. The molecule has 5 N–H and O–H groups in total. The molecule has 0 spiro atoms. The third-order valence-electron chi connectivity index (χ3n) is 6.22. The molecule has 1 saturated carbocycles. The summed E-state index contributed by atoms with van der Waals surface area (Å²) in [6.45, 7) is 0.440. The highest BCUT2D eigenvalue weighted by Gasteiger charge is 2.48. The fourth-order valence-corrected chi connectivity index (χ4v) is 4.17. The molecule has 9 heteroatoms. The van der Waals surface area contributed by atoms with Crippen molar-refractivity contribution in [2.24, 2.45) is 5.73 Å². The number of hydrogen-bond donors (Lipinski definition) is 3. The second-order valence-electron chi connectivity index (χ2n) is 8.49. The van der Waals surface area contributed by atoms with E-state index in [1.807, 2.05) is 30.3 Å². The van der Waals surface area contributed by atoms with Crippen molar-refractivity contribution in [3.05, 3.63) is 53.4 Å². The van der Waals surface area contributed by atoms with Crippen LogP contribution in [0.1, 0.15) is 47.0 Å². The number of likely N-dealkylation sites (N-methyl/N-ethyl adjacent to an activating group) is 1. The summed E-state index contributed by atoms with van der Waals surface area (Å²) in [7, 11) is 1.64. The lowest BCUT2D eigenvalue weighted by molar-refractivity contribution is -0.144. The average molecular weight is 433 g/mol. The van der Waals surface area contributed by atoms with Crippen molar-refractivity contribution in [1.29, 1.82) is 0 Å². The number of hydrogen-bond acceptors (Lipinski definition) is 7. The van der Waals surface area contributed by atoms with Crippen molar-refractivity contribution in [2.45, 2.75) is 30.8 Å². The first-order valence-corrected chi connectivity index (χ1v) is 10.4. The van der Waals surface area contributed by atoms with Gasteiger partial charge in [0.2, 0.25) is 5.60 Å². The van der Waals surface area contributed by atoms with Crippen LogP contribution in [-0.2, 0) is 10.4 Å². The lowest BCUT2D eigenvalue weighted by Gasteiger charge is -2.16. The maximum atomic E-state index is 12.4. The van der Waals surface area contributed by atoms with Crippen LogP contribution < -0.4 is 11.5 Å². The minimum Gasteiger partial charge on any atom is -0.397 e. The second kappa shape index (κ2) is 7.16. The number of carbonyl (C=O) groups is 2. The molecule has 9 nitrogen and oxygen atoms in total. The number of nitrogens with two attached hydrogens (primary N) is 2. The van der Waals surface area contributed by atoms with Gasteiger partial charge >= 0.3 is 0 Å². The minimum atomic E-state index is -1.70. The Kier molecular flexibility index (Phi) is 4.52. The van der Waals surface area contributed by atoms with Crippen molar-refractivity contribution in [1.82, 2.24) is 15.0 Å². The molecule has 0 bridgehead atoms. The first-order valence-electron chi connectivity index (χ1n) is 10.4. The van der Waals surface area contributed by atoms with E-state index in [0.29, 0.717) is 35.1 Å². The van der Waals surface area contributed by atoms with Gasteiger partial charge in [0.25, 0.3) is 11.8 Å². The molecule has 1 atom stereocenters. The van der Waals surface area contributed by atoms with Gasteiger partial charge in [0.15, 0.2) is 11.5 Å². The zero-order chi connectivity index (χ0) is 22.6. The van der Waals surface area contributed by atoms with Crippen LogP contribution in [0.5, 0.6) is 0 Å². The highest BCUT2D eigenvalue weighted by molar-refractivity contribution is 5.97. The van der Waals surface area contributed by atoms with E-state index in [-0.39, 0.29) is 17.9 Å². The number of aromatic nitrogens is 2. The first-order chi connectivity index (χ1) is 15.3. The Labute approximate surface area is 184 Å². The molecule has 2 amide bonds. The Hall–Kier alpha value is -3.72. The number of rotatable bonds is 5. The SMILES string of the molecule is CN1CC[C@@](O)(c2cc(-c3cccc(-c4cc(C5CC5)c(N)c(C(N)=O)n4)c3)no2)C1=O. The lowest BCUT2D eigenvalue weighted by Crippen LogP contribution is -2.35. The molecule has 164 valence electrons. The van der Waals surface area contributed by atoms with E-state index in [2.05, 4.69) is 10.1 Å². The molecule has 2 aromatic heterocycles. The van der Waals surface area contributed by atoms with Gasteiger partial charge in [-0.1, -0.05) is 23.4 Å². The topological polar surface area (TPSA) is 149 Å². The Morgan fingerprint density at radius 2 is 1.94 bits per heavy atom. The van der Waals surface area contributed by atoms with Crippen LogP contribution in [0.15, 0.2) is 40.9 Å². The van der Waals surface area contributed by atoms with Gasteiger partial charge < -0.3 is 26.0 Å². The van der Waals surface area contributed by atoms with Gasteiger partial charge in [-0.25, -0.2) is 4.98 Å². The lowest BCUT2D eigenvalue weighted by atomic mass is 9.97.